The normalized spacial score (nSPS) is 16.0. The molecule has 2 aromatic carbocycles. The summed E-state index contributed by atoms with van der Waals surface area (Å²) >= 11 is 0. The molecule has 7 heteroatoms. The number of methoxy groups -OCH3 is 1. The van der Waals surface area contributed by atoms with E-state index in [0.29, 0.717) is 22.8 Å². The first-order valence-corrected chi connectivity index (χ1v) is 7.26. The molecule has 1 aliphatic heterocycles. The van der Waals surface area contributed by atoms with Crippen LogP contribution in [0.1, 0.15) is 5.56 Å². The van der Waals surface area contributed by atoms with E-state index >= 15 is 0 Å². The summed E-state index contributed by atoms with van der Waals surface area (Å²) in [7, 11) is 1.45. The van der Waals surface area contributed by atoms with Crippen LogP contribution in [0.4, 0.5) is 0 Å². The zero-order chi connectivity index (χ0) is 16.9. The van der Waals surface area contributed by atoms with Gasteiger partial charge in [-0.15, -0.1) is 0 Å². The maximum atomic E-state index is 12.1. The van der Waals surface area contributed by atoms with E-state index in [1.165, 1.54) is 19.4 Å². The van der Waals surface area contributed by atoms with Crippen molar-refractivity contribution in [3.63, 3.8) is 0 Å². The highest BCUT2D eigenvalue weighted by atomic mass is 16.6. The van der Waals surface area contributed by atoms with Gasteiger partial charge in [-0.25, -0.2) is 5.43 Å². The average molecular weight is 328 g/mol. The molecule has 0 bridgehead atoms. The molecule has 1 atom stereocenters. The van der Waals surface area contributed by atoms with E-state index in [1.807, 2.05) is 6.07 Å². The van der Waals surface area contributed by atoms with Gasteiger partial charge >= 0.3 is 0 Å². The van der Waals surface area contributed by atoms with Gasteiger partial charge in [-0.3, -0.25) is 4.79 Å². The molecule has 0 radical (unpaired) electrons. The molecule has 2 aromatic rings. The molecule has 2 N–H and O–H groups in total. The van der Waals surface area contributed by atoms with Gasteiger partial charge < -0.3 is 19.3 Å². The van der Waals surface area contributed by atoms with Crippen molar-refractivity contribution in [2.24, 2.45) is 5.10 Å². The van der Waals surface area contributed by atoms with Crippen molar-refractivity contribution in [1.29, 1.82) is 0 Å². The Balaban J connectivity index is 1.60. The SMILES string of the molecule is COc1cc(/C=N\NC(=O)[C@@H]2COc3ccccc3O2)ccc1O. The van der Waals surface area contributed by atoms with Crippen LogP contribution in [0.5, 0.6) is 23.0 Å². The molecular weight excluding hydrogens is 312 g/mol. The summed E-state index contributed by atoms with van der Waals surface area (Å²) in [5, 5.41) is 13.4. The molecule has 0 fully saturated rings. The van der Waals surface area contributed by atoms with Crippen molar-refractivity contribution in [1.82, 2.24) is 5.43 Å². The number of hydrogen-bond donors (Lipinski definition) is 2. The van der Waals surface area contributed by atoms with E-state index in [1.54, 1.807) is 30.3 Å². The lowest BCUT2D eigenvalue weighted by molar-refractivity contribution is -0.130. The van der Waals surface area contributed by atoms with Crippen LogP contribution in [0.3, 0.4) is 0 Å². The fraction of sp³-hybridized carbons (Fsp3) is 0.176. The van der Waals surface area contributed by atoms with Gasteiger partial charge in [-0.1, -0.05) is 12.1 Å². The number of para-hydroxylation sites is 2. The van der Waals surface area contributed by atoms with Crippen LogP contribution < -0.4 is 19.6 Å². The number of phenolic OH excluding ortho intramolecular Hbond substituents is 1. The predicted octanol–water partition coefficient (Wildman–Crippen LogP) is 1.69. The third-order valence-electron chi connectivity index (χ3n) is 3.39. The van der Waals surface area contributed by atoms with Gasteiger partial charge in [0.05, 0.1) is 13.3 Å². The van der Waals surface area contributed by atoms with Gasteiger partial charge in [0.15, 0.2) is 23.0 Å². The fourth-order valence-electron chi connectivity index (χ4n) is 2.17. The number of hydrogen-bond acceptors (Lipinski definition) is 6. The van der Waals surface area contributed by atoms with Crippen LogP contribution in [-0.2, 0) is 4.79 Å². The van der Waals surface area contributed by atoms with Crippen molar-refractivity contribution in [3.8, 4) is 23.0 Å². The Kier molecular flexibility index (Phi) is 4.51. The summed E-state index contributed by atoms with van der Waals surface area (Å²) in [6, 6.07) is 11.9. The minimum absolute atomic E-state index is 0.0325. The van der Waals surface area contributed by atoms with Crippen molar-refractivity contribution < 1.29 is 24.1 Å². The molecular formula is C17H16N2O5. The minimum atomic E-state index is -0.772. The second-order valence-corrected chi connectivity index (χ2v) is 5.03. The number of carbonyl (C=O) groups is 1. The summed E-state index contributed by atoms with van der Waals surface area (Å²) < 4.78 is 16.1. The molecule has 0 aliphatic carbocycles. The molecule has 0 spiro atoms. The van der Waals surface area contributed by atoms with Gasteiger partial charge in [0.25, 0.3) is 5.91 Å². The topological polar surface area (TPSA) is 89.4 Å². The highest BCUT2D eigenvalue weighted by molar-refractivity contribution is 5.85. The van der Waals surface area contributed by atoms with Crippen LogP contribution in [0.15, 0.2) is 47.6 Å². The number of carbonyl (C=O) groups excluding carboxylic acids is 1. The fourth-order valence-corrected chi connectivity index (χ4v) is 2.17. The smallest absolute Gasteiger partial charge is 0.284 e. The Morgan fingerprint density at radius 1 is 1.33 bits per heavy atom. The second-order valence-electron chi connectivity index (χ2n) is 5.03. The Morgan fingerprint density at radius 3 is 2.92 bits per heavy atom. The van der Waals surface area contributed by atoms with Crippen molar-refractivity contribution in [2.45, 2.75) is 6.10 Å². The van der Waals surface area contributed by atoms with Crippen molar-refractivity contribution in [2.75, 3.05) is 13.7 Å². The summed E-state index contributed by atoms with van der Waals surface area (Å²) in [5.74, 6) is 1.08. The number of rotatable bonds is 4. The van der Waals surface area contributed by atoms with Crippen LogP contribution in [-0.4, -0.2) is 37.0 Å². The van der Waals surface area contributed by atoms with Crippen molar-refractivity contribution in [3.05, 3.63) is 48.0 Å². The van der Waals surface area contributed by atoms with Crippen LogP contribution in [0, 0.1) is 0 Å². The molecule has 24 heavy (non-hydrogen) atoms. The lowest BCUT2D eigenvalue weighted by Gasteiger charge is -2.24. The van der Waals surface area contributed by atoms with Gasteiger partial charge in [0.1, 0.15) is 6.61 Å². The Labute approximate surface area is 138 Å². The van der Waals surface area contributed by atoms with E-state index in [4.69, 9.17) is 14.2 Å². The third kappa shape index (κ3) is 3.40. The number of benzene rings is 2. The number of nitrogens with one attached hydrogen (secondary N) is 1. The summed E-state index contributed by atoms with van der Waals surface area (Å²) in [6.45, 7) is 0.116. The van der Waals surface area contributed by atoms with E-state index < -0.39 is 12.0 Å². The number of hydrazone groups is 1. The highest BCUT2D eigenvalue weighted by Gasteiger charge is 2.26. The molecule has 7 nitrogen and oxygen atoms in total. The van der Waals surface area contributed by atoms with E-state index in [9.17, 15) is 9.90 Å². The maximum absolute atomic E-state index is 12.1. The number of phenols is 1. The van der Waals surface area contributed by atoms with Gasteiger partial charge in [0, 0.05) is 0 Å². The third-order valence-corrected chi connectivity index (χ3v) is 3.39. The number of ether oxygens (including phenoxy) is 3. The lowest BCUT2D eigenvalue weighted by atomic mass is 10.2. The molecule has 1 aliphatic rings. The molecule has 3 rings (SSSR count). The first-order valence-electron chi connectivity index (χ1n) is 7.26. The van der Waals surface area contributed by atoms with E-state index in [0.717, 1.165) is 0 Å². The maximum Gasteiger partial charge on any atom is 0.284 e. The Hall–Kier alpha value is -3.22. The lowest BCUT2D eigenvalue weighted by Crippen LogP contribution is -2.42. The first kappa shape index (κ1) is 15.7. The molecule has 124 valence electrons. The molecule has 0 unspecified atom stereocenters. The summed E-state index contributed by atoms with van der Waals surface area (Å²) in [6.07, 6.45) is 0.670. The summed E-state index contributed by atoms with van der Waals surface area (Å²) in [5.41, 5.74) is 3.07. The number of aromatic hydroxyl groups is 1. The van der Waals surface area contributed by atoms with Crippen LogP contribution >= 0.6 is 0 Å². The monoisotopic (exact) mass is 328 g/mol. The number of amides is 1. The second kappa shape index (κ2) is 6.91. The highest BCUT2D eigenvalue weighted by Crippen LogP contribution is 2.30. The number of fused-ring (bicyclic) bond motifs is 1. The van der Waals surface area contributed by atoms with Gasteiger partial charge in [0.2, 0.25) is 6.10 Å². The van der Waals surface area contributed by atoms with Crippen LogP contribution in [0.2, 0.25) is 0 Å². The molecule has 0 saturated heterocycles. The largest absolute Gasteiger partial charge is 0.504 e. The predicted molar refractivity (Wildman–Crippen MR) is 86.7 cm³/mol. The van der Waals surface area contributed by atoms with E-state index in [-0.39, 0.29) is 12.4 Å². The molecule has 0 aromatic heterocycles. The average Bonchev–Trinajstić information content (AvgIpc) is 2.62. The first-order chi connectivity index (χ1) is 11.7. The Morgan fingerprint density at radius 2 is 2.12 bits per heavy atom. The molecule has 1 heterocycles. The minimum Gasteiger partial charge on any atom is -0.504 e. The van der Waals surface area contributed by atoms with Crippen molar-refractivity contribution >= 4 is 12.1 Å². The Bertz CT molecular complexity index is 775. The quantitative estimate of drug-likeness (QED) is 0.658. The van der Waals surface area contributed by atoms with Gasteiger partial charge in [-0.05, 0) is 35.9 Å². The van der Waals surface area contributed by atoms with Crippen LogP contribution in [0.25, 0.3) is 0 Å². The van der Waals surface area contributed by atoms with E-state index in [2.05, 4.69) is 10.5 Å². The molecule has 0 saturated carbocycles. The summed E-state index contributed by atoms with van der Waals surface area (Å²) in [4.78, 5) is 12.1. The number of nitrogens with zero attached hydrogens (tertiary/aromatic N) is 1. The molecule has 1 amide bonds. The zero-order valence-corrected chi connectivity index (χ0v) is 12.9. The zero-order valence-electron chi connectivity index (χ0n) is 12.9. The van der Waals surface area contributed by atoms with Gasteiger partial charge in [-0.2, -0.15) is 5.10 Å². The standard InChI is InChI=1S/C17H16N2O5/c1-22-15-8-11(6-7-12(15)20)9-18-19-17(21)16-10-23-13-4-2-3-5-14(13)24-16/h2-9,16,20H,10H2,1H3,(H,19,21)/b18-9-/t16-/m0/s1.